The van der Waals surface area contributed by atoms with E-state index in [1.54, 1.807) is 0 Å². The molecule has 10 aromatic rings. The van der Waals surface area contributed by atoms with Crippen LogP contribution in [0.3, 0.4) is 0 Å². The van der Waals surface area contributed by atoms with Crippen molar-refractivity contribution in [3.05, 3.63) is 206 Å². The van der Waals surface area contributed by atoms with Crippen molar-refractivity contribution in [2.45, 2.75) is 0 Å². The van der Waals surface area contributed by atoms with Gasteiger partial charge in [0.15, 0.2) is 5.82 Å². The lowest BCUT2D eigenvalue weighted by molar-refractivity contribution is 1.18. The van der Waals surface area contributed by atoms with E-state index in [2.05, 4.69) is 200 Å². The van der Waals surface area contributed by atoms with Gasteiger partial charge in [-0.05, 0) is 96.0 Å². The summed E-state index contributed by atoms with van der Waals surface area (Å²) in [5.41, 5.74) is 11.8. The van der Waals surface area contributed by atoms with E-state index in [0.29, 0.717) is 5.82 Å². The molecule has 0 aliphatic carbocycles. The molecule has 0 N–H and O–H groups in total. The zero-order valence-electron chi connectivity index (χ0n) is 29.5. The normalized spacial score (nSPS) is 11.3. The molecule has 0 atom stereocenters. The molecule has 54 heavy (non-hydrogen) atoms. The number of hydrogen-bond donors (Lipinski definition) is 0. The maximum absolute atomic E-state index is 5.29. The average Bonchev–Trinajstić information content (AvgIpc) is 3.26. The Kier molecular flexibility index (Phi) is 7.85. The van der Waals surface area contributed by atoms with Crippen LogP contribution in [0, 0.1) is 0 Å². The number of rotatable bonds is 6. The molecular weight excluding hydrogens is 653 g/mol. The van der Waals surface area contributed by atoms with Crippen LogP contribution in [0.4, 0.5) is 0 Å². The topological polar surface area (TPSA) is 25.8 Å². The molecule has 0 saturated heterocycles. The van der Waals surface area contributed by atoms with Crippen molar-refractivity contribution < 1.29 is 0 Å². The van der Waals surface area contributed by atoms with Crippen molar-refractivity contribution in [2.24, 2.45) is 0 Å². The molecule has 1 aromatic heterocycles. The molecule has 0 bridgehead atoms. The molecule has 9 aromatic carbocycles. The van der Waals surface area contributed by atoms with Crippen LogP contribution in [-0.2, 0) is 0 Å². The van der Waals surface area contributed by atoms with Crippen LogP contribution in [0.1, 0.15) is 0 Å². The summed E-state index contributed by atoms with van der Waals surface area (Å²) in [6.07, 6.45) is 0. The summed E-state index contributed by atoms with van der Waals surface area (Å²) in [5, 5.41) is 7.45. The van der Waals surface area contributed by atoms with E-state index in [1.165, 1.54) is 43.4 Å². The number of benzene rings is 9. The third kappa shape index (κ3) is 5.81. The summed E-state index contributed by atoms with van der Waals surface area (Å²) in [6, 6.07) is 73.5. The van der Waals surface area contributed by atoms with Crippen molar-refractivity contribution >= 4 is 32.3 Å². The van der Waals surface area contributed by atoms with E-state index in [4.69, 9.17) is 9.97 Å². The van der Waals surface area contributed by atoms with Gasteiger partial charge in [0.25, 0.3) is 0 Å². The fourth-order valence-corrected chi connectivity index (χ4v) is 7.80. The molecule has 0 aliphatic rings. The summed E-state index contributed by atoms with van der Waals surface area (Å²) >= 11 is 0. The Labute approximate surface area is 314 Å². The Morgan fingerprint density at radius 2 is 0.722 bits per heavy atom. The molecule has 10 rings (SSSR count). The Balaban J connectivity index is 1.15. The van der Waals surface area contributed by atoms with Crippen molar-refractivity contribution in [3.63, 3.8) is 0 Å². The second-order valence-electron chi connectivity index (χ2n) is 13.8. The van der Waals surface area contributed by atoms with Gasteiger partial charge in [0.2, 0.25) is 0 Å². The summed E-state index contributed by atoms with van der Waals surface area (Å²) < 4.78 is 0. The van der Waals surface area contributed by atoms with Crippen LogP contribution in [0.25, 0.3) is 99.6 Å². The summed E-state index contributed by atoms with van der Waals surface area (Å²) in [4.78, 5) is 10.6. The van der Waals surface area contributed by atoms with E-state index in [1.807, 2.05) is 6.07 Å². The monoisotopic (exact) mass is 686 g/mol. The van der Waals surface area contributed by atoms with Gasteiger partial charge in [-0.2, -0.15) is 0 Å². The van der Waals surface area contributed by atoms with Gasteiger partial charge in [0.1, 0.15) is 0 Å². The summed E-state index contributed by atoms with van der Waals surface area (Å²) in [6.45, 7) is 0. The van der Waals surface area contributed by atoms with Crippen LogP contribution >= 0.6 is 0 Å². The number of fused-ring (bicyclic) bond motifs is 4. The van der Waals surface area contributed by atoms with Crippen molar-refractivity contribution in [1.82, 2.24) is 9.97 Å². The van der Waals surface area contributed by atoms with Gasteiger partial charge < -0.3 is 0 Å². The first-order valence-electron chi connectivity index (χ1n) is 18.4. The van der Waals surface area contributed by atoms with Gasteiger partial charge in [-0.15, -0.1) is 0 Å². The van der Waals surface area contributed by atoms with Crippen LogP contribution in [-0.4, -0.2) is 9.97 Å². The fourth-order valence-electron chi connectivity index (χ4n) is 7.80. The first-order chi connectivity index (χ1) is 26.7. The van der Waals surface area contributed by atoms with Crippen molar-refractivity contribution in [1.29, 1.82) is 0 Å². The minimum absolute atomic E-state index is 0.692. The summed E-state index contributed by atoms with van der Waals surface area (Å²) in [5.74, 6) is 0.692. The zero-order valence-corrected chi connectivity index (χ0v) is 29.5. The molecule has 0 fully saturated rings. The predicted molar refractivity (Wildman–Crippen MR) is 227 cm³/mol. The molecule has 0 aliphatic heterocycles. The molecule has 0 unspecified atom stereocenters. The lowest BCUT2D eigenvalue weighted by Gasteiger charge is -2.14. The number of hydrogen-bond acceptors (Lipinski definition) is 2. The first kappa shape index (κ1) is 31.6. The number of aromatic nitrogens is 2. The predicted octanol–water partition coefficient (Wildman–Crippen LogP) is 13.9. The van der Waals surface area contributed by atoms with Gasteiger partial charge in [0.05, 0.1) is 11.4 Å². The Bertz CT molecular complexity index is 2990. The molecule has 0 amide bonds. The van der Waals surface area contributed by atoms with E-state index in [9.17, 15) is 0 Å². The van der Waals surface area contributed by atoms with Gasteiger partial charge in [-0.25, -0.2) is 9.97 Å². The Hall–Kier alpha value is -7.16. The lowest BCUT2D eigenvalue weighted by atomic mass is 9.92. The largest absolute Gasteiger partial charge is 0.228 e. The lowest BCUT2D eigenvalue weighted by Crippen LogP contribution is -1.97. The highest BCUT2D eigenvalue weighted by Gasteiger charge is 2.15. The standard InChI is InChI=1S/C52H34N2/c1-2-14-35(15-3-1)37-19-10-24-43(30-37)52-53-50(41-22-11-20-38(31-41)45-29-13-18-36-16-4-6-25-44(36)45)34-51(54-52)42-23-12-21-39(32-42)49-33-40-17-5-7-26-46(40)47-27-8-9-28-48(47)49/h1-34H. The Morgan fingerprint density at radius 3 is 1.46 bits per heavy atom. The van der Waals surface area contributed by atoms with Crippen LogP contribution < -0.4 is 0 Å². The van der Waals surface area contributed by atoms with E-state index < -0.39 is 0 Å². The summed E-state index contributed by atoms with van der Waals surface area (Å²) in [7, 11) is 0. The molecule has 1 heterocycles. The second-order valence-corrected chi connectivity index (χ2v) is 13.8. The Morgan fingerprint density at radius 1 is 0.241 bits per heavy atom. The quantitative estimate of drug-likeness (QED) is 0.163. The maximum Gasteiger partial charge on any atom is 0.160 e. The molecular formula is C52H34N2. The third-order valence-electron chi connectivity index (χ3n) is 10.5. The molecule has 0 spiro atoms. The minimum Gasteiger partial charge on any atom is -0.228 e. The van der Waals surface area contributed by atoms with Gasteiger partial charge in [0, 0.05) is 16.7 Å². The van der Waals surface area contributed by atoms with E-state index in [0.717, 1.165) is 50.3 Å². The highest BCUT2D eigenvalue weighted by Crippen LogP contribution is 2.38. The van der Waals surface area contributed by atoms with Gasteiger partial charge in [-0.3, -0.25) is 0 Å². The molecule has 0 radical (unpaired) electrons. The van der Waals surface area contributed by atoms with Crippen molar-refractivity contribution in [2.75, 3.05) is 0 Å². The van der Waals surface area contributed by atoms with Gasteiger partial charge >= 0.3 is 0 Å². The SMILES string of the molecule is c1ccc(-c2cccc(-c3nc(-c4cccc(-c5cccc6ccccc56)c4)cc(-c4cccc(-c5cc6ccccc6c6ccccc56)c4)n3)c2)cc1. The second kappa shape index (κ2) is 13.4. The van der Waals surface area contributed by atoms with Crippen molar-refractivity contribution in [3.8, 4) is 67.3 Å². The molecule has 2 heteroatoms. The average molecular weight is 687 g/mol. The molecule has 252 valence electrons. The smallest absolute Gasteiger partial charge is 0.160 e. The van der Waals surface area contributed by atoms with Crippen LogP contribution in [0.15, 0.2) is 206 Å². The first-order valence-corrected chi connectivity index (χ1v) is 18.4. The zero-order chi connectivity index (χ0) is 35.8. The maximum atomic E-state index is 5.29. The molecule has 0 saturated carbocycles. The number of nitrogens with zero attached hydrogens (tertiary/aromatic N) is 2. The van der Waals surface area contributed by atoms with E-state index >= 15 is 0 Å². The highest BCUT2D eigenvalue weighted by atomic mass is 14.9. The third-order valence-corrected chi connectivity index (χ3v) is 10.5. The highest BCUT2D eigenvalue weighted by molar-refractivity contribution is 6.13. The van der Waals surface area contributed by atoms with Crippen LogP contribution in [0.2, 0.25) is 0 Å². The minimum atomic E-state index is 0.692. The van der Waals surface area contributed by atoms with E-state index in [-0.39, 0.29) is 0 Å². The fraction of sp³-hybridized carbons (Fsp3) is 0. The van der Waals surface area contributed by atoms with Crippen LogP contribution in [0.5, 0.6) is 0 Å². The molecule has 2 nitrogen and oxygen atoms in total. The van der Waals surface area contributed by atoms with Gasteiger partial charge in [-0.1, -0.05) is 176 Å².